The van der Waals surface area contributed by atoms with E-state index in [1.54, 1.807) is 20.8 Å². The topological polar surface area (TPSA) is 86.6 Å². The Morgan fingerprint density at radius 3 is 2.27 bits per heavy atom. The summed E-state index contributed by atoms with van der Waals surface area (Å²) >= 11 is 0. The van der Waals surface area contributed by atoms with Gasteiger partial charge in [0.15, 0.2) is 0 Å². The summed E-state index contributed by atoms with van der Waals surface area (Å²) in [6.45, 7) is 5.02. The lowest BCUT2D eigenvalue weighted by molar-refractivity contribution is -0.139. The molecule has 0 spiro atoms. The van der Waals surface area contributed by atoms with Crippen molar-refractivity contribution in [1.29, 1.82) is 0 Å². The van der Waals surface area contributed by atoms with Gasteiger partial charge in [0.25, 0.3) is 0 Å². The molecule has 0 aliphatic rings. The zero-order valence-electron chi connectivity index (χ0n) is 9.41. The van der Waals surface area contributed by atoms with E-state index in [0.29, 0.717) is 0 Å². The number of carboxylic acids is 1. The molecule has 5 nitrogen and oxygen atoms in total. The van der Waals surface area contributed by atoms with Crippen LogP contribution in [-0.4, -0.2) is 34.7 Å². The average Bonchev–Trinajstić information content (AvgIpc) is 1.99. The first-order valence-electron chi connectivity index (χ1n) is 4.89. The van der Waals surface area contributed by atoms with Gasteiger partial charge in [-0.15, -0.1) is 0 Å². The van der Waals surface area contributed by atoms with Crippen LogP contribution in [0.5, 0.6) is 0 Å². The fourth-order valence-corrected chi connectivity index (χ4v) is 1.28. The molecule has 88 valence electrons. The standard InChI is InChI=1S/C10H19NO4/c1-7(6-12)11-8(13)4-10(2,3)5-9(14)15/h7,12H,4-6H2,1-3H3,(H,11,13)(H,14,15). The van der Waals surface area contributed by atoms with Crippen LogP contribution in [0.25, 0.3) is 0 Å². The fourth-order valence-electron chi connectivity index (χ4n) is 1.28. The minimum atomic E-state index is -0.914. The first kappa shape index (κ1) is 13.9. The lowest BCUT2D eigenvalue weighted by Gasteiger charge is -2.22. The van der Waals surface area contributed by atoms with Crippen LogP contribution in [0.1, 0.15) is 33.6 Å². The second-order valence-corrected chi connectivity index (χ2v) is 4.56. The van der Waals surface area contributed by atoms with Gasteiger partial charge in [-0.3, -0.25) is 9.59 Å². The molecule has 15 heavy (non-hydrogen) atoms. The Balaban J connectivity index is 4.09. The number of aliphatic hydroxyl groups is 1. The quantitative estimate of drug-likeness (QED) is 0.600. The molecule has 0 aliphatic carbocycles. The van der Waals surface area contributed by atoms with E-state index in [9.17, 15) is 9.59 Å². The number of aliphatic hydroxyl groups excluding tert-OH is 1. The third-order valence-electron chi connectivity index (χ3n) is 1.95. The Morgan fingerprint density at radius 1 is 1.33 bits per heavy atom. The highest BCUT2D eigenvalue weighted by Gasteiger charge is 2.25. The number of hydrogen-bond donors (Lipinski definition) is 3. The maximum atomic E-state index is 11.4. The Hall–Kier alpha value is -1.10. The van der Waals surface area contributed by atoms with Crippen molar-refractivity contribution in [3.05, 3.63) is 0 Å². The Labute approximate surface area is 89.5 Å². The predicted octanol–water partition coefficient (Wildman–Crippen LogP) is 0.374. The largest absolute Gasteiger partial charge is 0.481 e. The number of aliphatic carboxylic acids is 1. The Kier molecular flexibility index (Phi) is 5.28. The second-order valence-electron chi connectivity index (χ2n) is 4.56. The summed E-state index contributed by atoms with van der Waals surface area (Å²) in [6, 6.07) is -0.293. The number of nitrogens with one attached hydrogen (secondary N) is 1. The average molecular weight is 217 g/mol. The van der Waals surface area contributed by atoms with Gasteiger partial charge in [0.05, 0.1) is 13.0 Å². The molecule has 0 bridgehead atoms. The van der Waals surface area contributed by atoms with Gasteiger partial charge in [0.1, 0.15) is 0 Å². The predicted molar refractivity (Wildman–Crippen MR) is 55.3 cm³/mol. The minimum absolute atomic E-state index is 0.0477. The normalized spacial score (nSPS) is 13.3. The van der Waals surface area contributed by atoms with Gasteiger partial charge >= 0.3 is 5.97 Å². The van der Waals surface area contributed by atoms with Gasteiger partial charge in [-0.05, 0) is 12.3 Å². The Bertz CT molecular complexity index is 238. The maximum Gasteiger partial charge on any atom is 0.303 e. The molecule has 1 atom stereocenters. The van der Waals surface area contributed by atoms with E-state index in [0.717, 1.165) is 0 Å². The molecule has 0 saturated heterocycles. The van der Waals surface area contributed by atoms with E-state index < -0.39 is 11.4 Å². The molecule has 0 heterocycles. The molecule has 0 aromatic rings. The zero-order valence-corrected chi connectivity index (χ0v) is 9.41. The van der Waals surface area contributed by atoms with Crippen molar-refractivity contribution < 1.29 is 19.8 Å². The number of amides is 1. The first-order chi connectivity index (χ1) is 6.76. The van der Waals surface area contributed by atoms with Gasteiger partial charge in [0, 0.05) is 12.5 Å². The number of rotatable bonds is 6. The molecule has 0 fully saturated rings. The highest BCUT2D eigenvalue weighted by atomic mass is 16.4. The molecule has 0 saturated carbocycles. The number of carboxylic acid groups (broad SMARTS) is 1. The van der Waals surface area contributed by atoms with Crippen molar-refractivity contribution in [2.45, 2.75) is 39.7 Å². The smallest absolute Gasteiger partial charge is 0.303 e. The molecule has 1 amide bonds. The van der Waals surface area contributed by atoms with Crippen LogP contribution in [0.15, 0.2) is 0 Å². The SMILES string of the molecule is CC(CO)NC(=O)CC(C)(C)CC(=O)O. The zero-order chi connectivity index (χ0) is 12.1. The lowest BCUT2D eigenvalue weighted by atomic mass is 9.85. The highest BCUT2D eigenvalue weighted by Crippen LogP contribution is 2.24. The van der Waals surface area contributed by atoms with Crippen LogP contribution in [0.2, 0.25) is 0 Å². The number of hydrogen-bond acceptors (Lipinski definition) is 3. The first-order valence-corrected chi connectivity index (χ1v) is 4.89. The summed E-state index contributed by atoms with van der Waals surface area (Å²) in [5.41, 5.74) is -0.564. The van der Waals surface area contributed by atoms with Crippen molar-refractivity contribution in [2.75, 3.05) is 6.61 Å². The van der Waals surface area contributed by atoms with E-state index in [4.69, 9.17) is 10.2 Å². The number of carbonyl (C=O) groups excluding carboxylic acids is 1. The molecule has 5 heteroatoms. The van der Waals surface area contributed by atoms with Crippen LogP contribution in [0.3, 0.4) is 0 Å². The summed E-state index contributed by atoms with van der Waals surface area (Å²) in [6.07, 6.45) is 0.0948. The Morgan fingerprint density at radius 2 is 1.87 bits per heavy atom. The van der Waals surface area contributed by atoms with Crippen molar-refractivity contribution in [3.8, 4) is 0 Å². The van der Waals surface area contributed by atoms with Gasteiger partial charge in [0.2, 0.25) is 5.91 Å². The third kappa shape index (κ3) is 6.90. The van der Waals surface area contributed by atoms with Gasteiger partial charge in [-0.1, -0.05) is 13.8 Å². The van der Waals surface area contributed by atoms with Crippen LogP contribution >= 0.6 is 0 Å². The van der Waals surface area contributed by atoms with Crippen LogP contribution in [0, 0.1) is 5.41 Å². The van der Waals surface area contributed by atoms with Crippen LogP contribution < -0.4 is 5.32 Å². The molecule has 0 radical (unpaired) electrons. The molecular formula is C10H19NO4. The lowest BCUT2D eigenvalue weighted by Crippen LogP contribution is -2.37. The second kappa shape index (κ2) is 5.70. The van der Waals surface area contributed by atoms with E-state index in [-0.39, 0.29) is 31.4 Å². The monoisotopic (exact) mass is 217 g/mol. The summed E-state index contributed by atoms with van der Waals surface area (Å²) in [5, 5.41) is 19.9. The van der Waals surface area contributed by atoms with Crippen LogP contribution in [0.4, 0.5) is 0 Å². The van der Waals surface area contributed by atoms with Crippen molar-refractivity contribution >= 4 is 11.9 Å². The maximum absolute atomic E-state index is 11.4. The molecule has 0 aromatic carbocycles. The number of carbonyl (C=O) groups is 2. The minimum Gasteiger partial charge on any atom is -0.481 e. The van der Waals surface area contributed by atoms with Gasteiger partial charge in [-0.25, -0.2) is 0 Å². The molecule has 0 aromatic heterocycles. The van der Waals surface area contributed by atoms with E-state index in [1.807, 2.05) is 0 Å². The van der Waals surface area contributed by atoms with Crippen LogP contribution in [-0.2, 0) is 9.59 Å². The van der Waals surface area contributed by atoms with Gasteiger partial charge < -0.3 is 15.5 Å². The van der Waals surface area contributed by atoms with Gasteiger partial charge in [-0.2, -0.15) is 0 Å². The van der Waals surface area contributed by atoms with Crippen molar-refractivity contribution in [3.63, 3.8) is 0 Å². The molecule has 0 rings (SSSR count). The molecule has 1 unspecified atom stereocenters. The highest BCUT2D eigenvalue weighted by molar-refractivity contribution is 5.78. The third-order valence-corrected chi connectivity index (χ3v) is 1.95. The van der Waals surface area contributed by atoms with E-state index in [1.165, 1.54) is 0 Å². The molecule has 3 N–H and O–H groups in total. The van der Waals surface area contributed by atoms with E-state index in [2.05, 4.69) is 5.32 Å². The fraction of sp³-hybridized carbons (Fsp3) is 0.800. The van der Waals surface area contributed by atoms with Crippen molar-refractivity contribution in [2.24, 2.45) is 5.41 Å². The molecular weight excluding hydrogens is 198 g/mol. The van der Waals surface area contributed by atoms with E-state index >= 15 is 0 Å². The summed E-state index contributed by atoms with van der Waals surface area (Å²) in [5.74, 6) is -1.15. The summed E-state index contributed by atoms with van der Waals surface area (Å²) in [4.78, 5) is 21.9. The van der Waals surface area contributed by atoms with Crippen molar-refractivity contribution in [1.82, 2.24) is 5.32 Å². The summed E-state index contributed by atoms with van der Waals surface area (Å²) < 4.78 is 0. The molecule has 0 aliphatic heterocycles. The summed E-state index contributed by atoms with van der Waals surface area (Å²) in [7, 11) is 0.